The minimum absolute atomic E-state index is 0.183. The molecule has 0 aliphatic heterocycles. The molecule has 0 aliphatic rings. The zero-order valence-electron chi connectivity index (χ0n) is 9.93. The molecule has 0 atom stereocenters. The summed E-state index contributed by atoms with van der Waals surface area (Å²) in [5.41, 5.74) is 6.69. The number of nitrogen functional groups attached to an aromatic ring is 1. The van der Waals surface area contributed by atoms with Crippen LogP contribution in [0.25, 0.3) is 0 Å². The third kappa shape index (κ3) is 2.98. The molecule has 0 aliphatic carbocycles. The average Bonchev–Trinajstić information content (AvgIpc) is 2.40. The zero-order chi connectivity index (χ0) is 13.8. The molecule has 0 unspecified atom stereocenters. The van der Waals surface area contributed by atoms with Gasteiger partial charge in [-0.2, -0.15) is 0 Å². The van der Waals surface area contributed by atoms with Crippen LogP contribution in [0.3, 0.4) is 0 Å². The van der Waals surface area contributed by atoms with Crippen molar-refractivity contribution in [1.29, 1.82) is 0 Å². The molecular formula is C13H12FN3O2. The van der Waals surface area contributed by atoms with Gasteiger partial charge in [0.25, 0.3) is 0 Å². The van der Waals surface area contributed by atoms with E-state index in [9.17, 15) is 9.18 Å². The second-order valence-electron chi connectivity index (χ2n) is 3.94. The zero-order valence-corrected chi connectivity index (χ0v) is 9.93. The molecule has 0 saturated heterocycles. The Balaban J connectivity index is 2.17. The highest BCUT2D eigenvalue weighted by Gasteiger charge is 2.13. The Morgan fingerprint density at radius 1 is 1.47 bits per heavy atom. The Bertz CT molecular complexity index is 602. The Hall–Kier alpha value is -2.63. The van der Waals surface area contributed by atoms with E-state index in [1.165, 1.54) is 0 Å². The molecule has 2 aromatic rings. The average molecular weight is 261 g/mol. The second-order valence-corrected chi connectivity index (χ2v) is 3.94. The van der Waals surface area contributed by atoms with Gasteiger partial charge in [-0.3, -0.25) is 4.98 Å². The smallest absolute Gasteiger partial charge is 0.338 e. The third-order valence-electron chi connectivity index (χ3n) is 2.58. The molecule has 2 rings (SSSR count). The largest absolute Gasteiger partial charge is 0.478 e. The summed E-state index contributed by atoms with van der Waals surface area (Å²) in [6.07, 6.45) is 3.32. The van der Waals surface area contributed by atoms with Crippen molar-refractivity contribution in [2.75, 3.05) is 11.1 Å². The normalized spacial score (nSPS) is 10.2. The number of nitrogens with one attached hydrogen (secondary N) is 1. The number of hydrogen-bond acceptors (Lipinski definition) is 4. The van der Waals surface area contributed by atoms with Crippen LogP contribution >= 0.6 is 0 Å². The fraction of sp³-hybridized carbons (Fsp3) is 0.0769. The first-order valence-corrected chi connectivity index (χ1v) is 5.53. The van der Waals surface area contributed by atoms with Crippen LogP contribution in [-0.4, -0.2) is 16.1 Å². The molecule has 0 amide bonds. The van der Waals surface area contributed by atoms with Crippen LogP contribution < -0.4 is 11.1 Å². The van der Waals surface area contributed by atoms with Gasteiger partial charge < -0.3 is 16.2 Å². The number of nitrogens with zero attached hydrogens (tertiary/aromatic N) is 1. The van der Waals surface area contributed by atoms with Crippen LogP contribution in [-0.2, 0) is 6.54 Å². The predicted octanol–water partition coefficient (Wildman–Crippen LogP) is 2.11. The number of carbonyl (C=O) groups is 1. The van der Waals surface area contributed by atoms with Gasteiger partial charge in [-0.05, 0) is 23.8 Å². The predicted molar refractivity (Wildman–Crippen MR) is 69.3 cm³/mol. The summed E-state index contributed by atoms with van der Waals surface area (Å²) in [5, 5.41) is 11.7. The van der Waals surface area contributed by atoms with Gasteiger partial charge >= 0.3 is 5.97 Å². The summed E-state index contributed by atoms with van der Waals surface area (Å²) in [6, 6.07) is 5.82. The van der Waals surface area contributed by atoms with Crippen molar-refractivity contribution < 1.29 is 14.3 Å². The van der Waals surface area contributed by atoms with Crippen molar-refractivity contribution in [3.8, 4) is 0 Å². The van der Waals surface area contributed by atoms with Gasteiger partial charge in [-0.15, -0.1) is 0 Å². The Morgan fingerprint density at radius 2 is 2.26 bits per heavy atom. The number of aromatic carboxylic acids is 1. The lowest BCUT2D eigenvalue weighted by atomic mass is 10.1. The Morgan fingerprint density at radius 3 is 2.89 bits per heavy atom. The minimum atomic E-state index is -1.34. The highest BCUT2D eigenvalue weighted by molar-refractivity contribution is 5.90. The molecule has 5 nitrogen and oxygen atoms in total. The summed E-state index contributed by atoms with van der Waals surface area (Å²) < 4.78 is 13.5. The fourth-order valence-corrected chi connectivity index (χ4v) is 1.61. The van der Waals surface area contributed by atoms with Gasteiger partial charge in [0.15, 0.2) is 0 Å². The molecule has 1 heterocycles. The highest BCUT2D eigenvalue weighted by Crippen LogP contribution is 2.23. The molecular weight excluding hydrogens is 249 g/mol. The van der Waals surface area contributed by atoms with Crippen LogP contribution in [0.1, 0.15) is 15.9 Å². The number of pyridine rings is 1. The summed E-state index contributed by atoms with van der Waals surface area (Å²) >= 11 is 0. The first-order chi connectivity index (χ1) is 9.08. The van der Waals surface area contributed by atoms with E-state index in [2.05, 4.69) is 10.3 Å². The lowest BCUT2D eigenvalue weighted by Gasteiger charge is -2.10. The Kier molecular flexibility index (Phi) is 3.61. The first kappa shape index (κ1) is 12.8. The third-order valence-corrected chi connectivity index (χ3v) is 2.58. The molecule has 0 bridgehead atoms. The van der Waals surface area contributed by atoms with E-state index < -0.39 is 17.3 Å². The van der Waals surface area contributed by atoms with Gasteiger partial charge in [0.1, 0.15) is 5.82 Å². The lowest BCUT2D eigenvalue weighted by molar-refractivity contribution is 0.0692. The van der Waals surface area contributed by atoms with E-state index >= 15 is 0 Å². The minimum Gasteiger partial charge on any atom is -0.478 e. The maximum atomic E-state index is 13.5. The standard InChI is InChI=1S/C13H12FN3O2/c14-10-5-12(11(15)4-9(10)13(18)19)17-7-8-2-1-3-16-6-8/h1-6,17H,7,15H2,(H,18,19). The molecule has 0 radical (unpaired) electrons. The van der Waals surface area contributed by atoms with Gasteiger partial charge in [0, 0.05) is 18.9 Å². The van der Waals surface area contributed by atoms with Crippen LogP contribution in [0, 0.1) is 5.82 Å². The van der Waals surface area contributed by atoms with Crippen LogP contribution in [0.15, 0.2) is 36.7 Å². The molecule has 6 heteroatoms. The highest BCUT2D eigenvalue weighted by atomic mass is 19.1. The summed E-state index contributed by atoms with van der Waals surface area (Å²) in [7, 11) is 0. The maximum absolute atomic E-state index is 13.5. The molecule has 4 N–H and O–H groups in total. The quantitative estimate of drug-likeness (QED) is 0.733. The lowest BCUT2D eigenvalue weighted by Crippen LogP contribution is -2.07. The number of carboxylic acid groups (broad SMARTS) is 1. The van der Waals surface area contributed by atoms with E-state index in [1.54, 1.807) is 18.5 Å². The monoisotopic (exact) mass is 261 g/mol. The van der Waals surface area contributed by atoms with Crippen LogP contribution in [0.4, 0.5) is 15.8 Å². The molecule has 1 aromatic carbocycles. The number of hydrogen-bond donors (Lipinski definition) is 3. The molecule has 98 valence electrons. The van der Waals surface area contributed by atoms with Crippen molar-refractivity contribution in [2.24, 2.45) is 0 Å². The van der Waals surface area contributed by atoms with Crippen LogP contribution in [0.5, 0.6) is 0 Å². The van der Waals surface area contributed by atoms with Crippen molar-refractivity contribution in [3.63, 3.8) is 0 Å². The van der Waals surface area contributed by atoms with E-state index in [0.717, 1.165) is 17.7 Å². The van der Waals surface area contributed by atoms with E-state index in [1.807, 2.05) is 6.07 Å². The van der Waals surface area contributed by atoms with Crippen molar-refractivity contribution in [2.45, 2.75) is 6.54 Å². The number of anilines is 2. The Labute approximate surface area is 108 Å². The number of halogens is 1. The van der Waals surface area contributed by atoms with E-state index in [4.69, 9.17) is 10.8 Å². The van der Waals surface area contributed by atoms with Crippen molar-refractivity contribution in [3.05, 3.63) is 53.6 Å². The maximum Gasteiger partial charge on any atom is 0.338 e. The fourth-order valence-electron chi connectivity index (χ4n) is 1.61. The molecule has 19 heavy (non-hydrogen) atoms. The van der Waals surface area contributed by atoms with E-state index in [0.29, 0.717) is 12.2 Å². The van der Waals surface area contributed by atoms with Crippen molar-refractivity contribution in [1.82, 2.24) is 4.98 Å². The number of aromatic nitrogens is 1. The summed E-state index contributed by atoms with van der Waals surface area (Å²) in [5.74, 6) is -2.17. The first-order valence-electron chi connectivity index (χ1n) is 5.53. The van der Waals surface area contributed by atoms with Crippen molar-refractivity contribution >= 4 is 17.3 Å². The number of benzene rings is 1. The van der Waals surface area contributed by atoms with Gasteiger partial charge in [0.05, 0.1) is 16.9 Å². The molecule has 0 fully saturated rings. The number of carboxylic acids is 1. The van der Waals surface area contributed by atoms with Gasteiger partial charge in [0.2, 0.25) is 0 Å². The van der Waals surface area contributed by atoms with Crippen LogP contribution in [0.2, 0.25) is 0 Å². The number of rotatable bonds is 4. The second kappa shape index (κ2) is 5.34. The van der Waals surface area contributed by atoms with Gasteiger partial charge in [-0.25, -0.2) is 9.18 Å². The number of nitrogens with two attached hydrogens (primary N) is 1. The SMILES string of the molecule is Nc1cc(C(=O)O)c(F)cc1NCc1cccnc1. The molecule has 1 aromatic heterocycles. The molecule has 0 saturated carbocycles. The van der Waals surface area contributed by atoms with Gasteiger partial charge in [-0.1, -0.05) is 6.07 Å². The molecule has 0 spiro atoms. The summed E-state index contributed by atoms with van der Waals surface area (Å²) in [4.78, 5) is 14.7. The topological polar surface area (TPSA) is 88.2 Å². The summed E-state index contributed by atoms with van der Waals surface area (Å²) in [6.45, 7) is 0.421. The van der Waals surface area contributed by atoms with E-state index in [-0.39, 0.29) is 5.69 Å².